The van der Waals surface area contributed by atoms with E-state index in [0.717, 1.165) is 18.2 Å². The van der Waals surface area contributed by atoms with Crippen molar-refractivity contribution >= 4 is 23.2 Å². The van der Waals surface area contributed by atoms with Crippen LogP contribution in [0.4, 0.5) is 23.4 Å². The molecule has 0 saturated carbocycles. The molecule has 0 amide bonds. The second kappa shape index (κ2) is 5.55. The van der Waals surface area contributed by atoms with Crippen molar-refractivity contribution in [2.24, 2.45) is 0 Å². The summed E-state index contributed by atoms with van der Waals surface area (Å²) in [7, 11) is 0. The molecule has 3 aromatic rings. The third kappa shape index (κ3) is 2.58. The molecule has 25 heavy (non-hydrogen) atoms. The van der Waals surface area contributed by atoms with E-state index in [1.165, 1.54) is 21.9 Å². The minimum Gasteiger partial charge on any atom is -0.340 e. The van der Waals surface area contributed by atoms with Gasteiger partial charge in [-0.15, -0.1) is 0 Å². The molecule has 4 rings (SSSR count). The number of benzene rings is 1. The zero-order valence-electron chi connectivity index (χ0n) is 12.5. The van der Waals surface area contributed by atoms with Crippen LogP contribution in [-0.2, 0) is 6.42 Å². The fourth-order valence-electron chi connectivity index (χ4n) is 3.11. The topological polar surface area (TPSA) is 46.3 Å². The average molecular weight is 372 g/mol. The van der Waals surface area contributed by atoms with Gasteiger partial charge in [0.2, 0.25) is 0 Å². The second-order valence-corrected chi connectivity index (χ2v) is 6.05. The van der Waals surface area contributed by atoms with E-state index in [-0.39, 0.29) is 28.7 Å². The van der Waals surface area contributed by atoms with Gasteiger partial charge in [-0.1, -0.05) is 17.7 Å². The van der Waals surface area contributed by atoms with Crippen molar-refractivity contribution in [3.8, 4) is 0 Å². The maximum Gasteiger partial charge on any atom is 0.413 e. The van der Waals surface area contributed by atoms with Crippen LogP contribution in [-0.4, -0.2) is 32.3 Å². The van der Waals surface area contributed by atoms with Crippen LogP contribution in [0.3, 0.4) is 0 Å². The number of aromatic nitrogens is 4. The Balaban J connectivity index is 1.88. The van der Waals surface area contributed by atoms with E-state index < -0.39 is 18.0 Å². The lowest BCUT2D eigenvalue weighted by Gasteiger charge is -2.32. The molecule has 0 fully saturated rings. The van der Waals surface area contributed by atoms with Crippen LogP contribution in [0, 0.1) is 5.82 Å². The zero-order valence-corrected chi connectivity index (χ0v) is 13.3. The van der Waals surface area contributed by atoms with Crippen molar-refractivity contribution in [1.29, 1.82) is 0 Å². The van der Waals surface area contributed by atoms with Gasteiger partial charge in [0.15, 0.2) is 6.04 Å². The van der Waals surface area contributed by atoms with E-state index in [2.05, 4.69) is 15.1 Å². The number of alkyl halides is 3. The zero-order chi connectivity index (χ0) is 17.8. The molecule has 1 atom stereocenters. The first-order valence-electron chi connectivity index (χ1n) is 7.32. The predicted octanol–water partition coefficient (Wildman–Crippen LogP) is 3.58. The number of nitrogens with zero attached hydrogens (tertiary/aromatic N) is 5. The highest BCUT2D eigenvalue weighted by Gasteiger charge is 2.47. The van der Waals surface area contributed by atoms with Crippen molar-refractivity contribution in [2.75, 3.05) is 11.4 Å². The van der Waals surface area contributed by atoms with Gasteiger partial charge in [0.25, 0.3) is 5.78 Å². The minimum atomic E-state index is -4.60. The van der Waals surface area contributed by atoms with Crippen LogP contribution < -0.4 is 4.90 Å². The van der Waals surface area contributed by atoms with Crippen LogP contribution in [0.5, 0.6) is 0 Å². The fourth-order valence-corrected chi connectivity index (χ4v) is 3.30. The van der Waals surface area contributed by atoms with Crippen molar-refractivity contribution < 1.29 is 17.6 Å². The fraction of sp³-hybridized carbons (Fsp3) is 0.267. The molecule has 1 unspecified atom stereocenters. The van der Waals surface area contributed by atoms with Gasteiger partial charge in [-0.3, -0.25) is 0 Å². The summed E-state index contributed by atoms with van der Waals surface area (Å²) in [5, 5.41) is 3.62. The first-order valence-corrected chi connectivity index (χ1v) is 7.70. The van der Waals surface area contributed by atoms with Crippen LogP contribution >= 0.6 is 11.6 Å². The molecular weight excluding hydrogens is 362 g/mol. The lowest BCUT2D eigenvalue weighted by molar-refractivity contribution is -0.150. The van der Waals surface area contributed by atoms with Gasteiger partial charge >= 0.3 is 6.18 Å². The van der Waals surface area contributed by atoms with E-state index in [1.807, 2.05) is 0 Å². The summed E-state index contributed by atoms with van der Waals surface area (Å²) in [6, 6.07) is 1.05. The number of fused-ring (bicyclic) bond motifs is 3. The number of rotatable bonds is 2. The van der Waals surface area contributed by atoms with Crippen LogP contribution in [0.25, 0.3) is 5.78 Å². The molecule has 0 radical (unpaired) electrons. The van der Waals surface area contributed by atoms with E-state index in [0.29, 0.717) is 12.0 Å². The normalized spacial score (nSPS) is 15.6. The van der Waals surface area contributed by atoms with E-state index in [9.17, 15) is 17.6 Å². The quantitative estimate of drug-likeness (QED) is 0.646. The SMILES string of the molecule is Fc1ccc(C(N2CCc3cnc4ncnn4c32)C(F)(F)F)cc1Cl. The molecule has 0 saturated heterocycles. The molecule has 0 spiro atoms. The lowest BCUT2D eigenvalue weighted by Crippen LogP contribution is -2.38. The first kappa shape index (κ1) is 16.1. The van der Waals surface area contributed by atoms with Crippen LogP contribution in [0.1, 0.15) is 17.2 Å². The Morgan fingerprint density at radius 3 is 2.72 bits per heavy atom. The first-order chi connectivity index (χ1) is 11.9. The summed E-state index contributed by atoms with van der Waals surface area (Å²) in [5.74, 6) is -0.273. The van der Waals surface area contributed by atoms with Gasteiger partial charge in [0.1, 0.15) is 18.0 Å². The summed E-state index contributed by atoms with van der Waals surface area (Å²) in [4.78, 5) is 9.17. The molecule has 1 aromatic carbocycles. The molecule has 2 aromatic heterocycles. The van der Waals surface area contributed by atoms with Crippen LogP contribution in [0.2, 0.25) is 5.02 Å². The number of halogens is 5. The number of hydrogen-bond acceptors (Lipinski definition) is 4. The Labute approximate surface area is 143 Å². The lowest BCUT2D eigenvalue weighted by atomic mass is 10.0. The summed E-state index contributed by atoms with van der Waals surface area (Å²) < 4.78 is 56.3. The van der Waals surface area contributed by atoms with Gasteiger partial charge in [-0.25, -0.2) is 9.37 Å². The molecule has 0 aliphatic carbocycles. The van der Waals surface area contributed by atoms with Gasteiger partial charge < -0.3 is 4.90 Å². The van der Waals surface area contributed by atoms with Gasteiger partial charge in [-0.05, 0) is 24.1 Å². The number of anilines is 1. The summed E-state index contributed by atoms with van der Waals surface area (Å²) in [6.45, 7) is 0.120. The maximum absolute atomic E-state index is 13.9. The van der Waals surface area contributed by atoms with Crippen molar-refractivity contribution in [3.05, 3.63) is 52.7 Å². The Morgan fingerprint density at radius 2 is 2.00 bits per heavy atom. The monoisotopic (exact) mass is 371 g/mol. The van der Waals surface area contributed by atoms with Crippen LogP contribution in [0.15, 0.2) is 30.7 Å². The van der Waals surface area contributed by atoms with E-state index in [1.54, 1.807) is 0 Å². The van der Waals surface area contributed by atoms with E-state index in [4.69, 9.17) is 11.6 Å². The van der Waals surface area contributed by atoms with Gasteiger partial charge in [0, 0.05) is 18.3 Å². The molecule has 5 nitrogen and oxygen atoms in total. The molecule has 10 heteroatoms. The molecule has 130 valence electrons. The highest BCUT2D eigenvalue weighted by molar-refractivity contribution is 6.30. The molecule has 1 aliphatic rings. The maximum atomic E-state index is 13.9. The Bertz CT molecular complexity index is 955. The molecule has 0 N–H and O–H groups in total. The molecular formula is C15H10ClF4N5. The number of hydrogen-bond donors (Lipinski definition) is 0. The summed E-state index contributed by atoms with van der Waals surface area (Å²) in [5.41, 5.74) is 0.497. The smallest absolute Gasteiger partial charge is 0.340 e. The highest BCUT2D eigenvalue weighted by Crippen LogP contribution is 2.44. The standard InChI is InChI=1S/C15H10ClF4N5/c16-10-5-8(1-2-11(10)17)12(15(18,19)20)24-4-3-9-6-21-14-22-7-23-25(14)13(9)24/h1-2,5-7,12H,3-4H2. The highest BCUT2D eigenvalue weighted by atomic mass is 35.5. The summed E-state index contributed by atoms with van der Waals surface area (Å²) in [6.07, 6.45) is -1.47. The second-order valence-electron chi connectivity index (χ2n) is 5.64. The third-order valence-corrected chi connectivity index (χ3v) is 4.42. The minimum absolute atomic E-state index is 0.120. The largest absolute Gasteiger partial charge is 0.413 e. The Kier molecular flexibility index (Phi) is 3.57. The van der Waals surface area contributed by atoms with Crippen molar-refractivity contribution in [3.63, 3.8) is 0 Å². The molecule has 1 aliphatic heterocycles. The van der Waals surface area contributed by atoms with Gasteiger partial charge in [-0.2, -0.15) is 27.8 Å². The van der Waals surface area contributed by atoms with Crippen molar-refractivity contribution in [1.82, 2.24) is 19.6 Å². The predicted molar refractivity (Wildman–Crippen MR) is 82.0 cm³/mol. The van der Waals surface area contributed by atoms with Crippen molar-refractivity contribution in [2.45, 2.75) is 18.6 Å². The van der Waals surface area contributed by atoms with Gasteiger partial charge in [0.05, 0.1) is 5.02 Å². The third-order valence-electron chi connectivity index (χ3n) is 4.13. The Morgan fingerprint density at radius 1 is 1.20 bits per heavy atom. The summed E-state index contributed by atoms with van der Waals surface area (Å²) >= 11 is 5.69. The average Bonchev–Trinajstić information content (AvgIpc) is 3.15. The molecule has 0 bridgehead atoms. The van der Waals surface area contributed by atoms with E-state index >= 15 is 0 Å². The Hall–Kier alpha value is -2.42. The molecule has 3 heterocycles.